The van der Waals surface area contributed by atoms with E-state index < -0.39 is 54.2 Å². The fraction of sp³-hybridized carbons (Fsp3) is 0.706. The van der Waals surface area contributed by atoms with E-state index in [-0.39, 0.29) is 18.9 Å². The van der Waals surface area contributed by atoms with E-state index in [0.29, 0.717) is 12.2 Å². The van der Waals surface area contributed by atoms with E-state index >= 15 is 0 Å². The van der Waals surface area contributed by atoms with E-state index in [1.807, 2.05) is 6.26 Å². The zero-order chi connectivity index (χ0) is 22.6. The van der Waals surface area contributed by atoms with Crippen molar-refractivity contribution in [2.24, 2.45) is 11.7 Å². The zero-order valence-electron chi connectivity index (χ0n) is 16.8. The lowest BCUT2D eigenvalue weighted by Crippen LogP contribution is -2.56. The highest BCUT2D eigenvalue weighted by Gasteiger charge is 2.30. The lowest BCUT2D eigenvalue weighted by molar-refractivity contribution is -0.147. The minimum absolute atomic E-state index is 0.0305. The summed E-state index contributed by atoms with van der Waals surface area (Å²) in [5.41, 5.74) is 5.27. The van der Waals surface area contributed by atoms with Gasteiger partial charge >= 0.3 is 11.9 Å². The molecule has 0 rings (SSSR count). The standard InChI is InChI=1S/C17H30N4O7S/c1-9(2)6-11(16(26)21-12(17(27)28)7-14(23)24)20-15(25)10(4-5-29-3)19-13(22)8-18/h9-12H,4-8,18H2,1-3H3,(H,19,22)(H,20,25)(H,21,26)(H,23,24)(H,27,28). The minimum atomic E-state index is -1.63. The summed E-state index contributed by atoms with van der Waals surface area (Å²) in [7, 11) is 0. The van der Waals surface area contributed by atoms with E-state index in [2.05, 4.69) is 16.0 Å². The maximum absolute atomic E-state index is 12.6. The second-order valence-electron chi connectivity index (χ2n) is 6.79. The van der Waals surface area contributed by atoms with Crippen LogP contribution in [0.1, 0.15) is 33.1 Å². The fourth-order valence-electron chi connectivity index (χ4n) is 2.38. The van der Waals surface area contributed by atoms with Crippen molar-refractivity contribution >= 4 is 41.4 Å². The van der Waals surface area contributed by atoms with Crippen LogP contribution >= 0.6 is 11.8 Å². The van der Waals surface area contributed by atoms with Crippen LogP contribution in [-0.4, -0.2) is 76.6 Å². The van der Waals surface area contributed by atoms with Crippen LogP contribution in [0.3, 0.4) is 0 Å². The van der Waals surface area contributed by atoms with Crippen molar-refractivity contribution in [1.29, 1.82) is 0 Å². The number of aliphatic carboxylic acids is 2. The summed E-state index contributed by atoms with van der Waals surface area (Å²) >= 11 is 1.47. The number of amides is 3. The number of carbonyl (C=O) groups is 5. The van der Waals surface area contributed by atoms with E-state index in [1.54, 1.807) is 13.8 Å². The van der Waals surface area contributed by atoms with Crippen LogP contribution in [0.4, 0.5) is 0 Å². The quantitative estimate of drug-likeness (QED) is 0.194. The van der Waals surface area contributed by atoms with Gasteiger partial charge in [0.25, 0.3) is 0 Å². The third-order valence-electron chi connectivity index (χ3n) is 3.78. The molecular formula is C17H30N4O7S. The Balaban J connectivity index is 5.33. The van der Waals surface area contributed by atoms with Gasteiger partial charge < -0.3 is 31.9 Å². The smallest absolute Gasteiger partial charge is 0.326 e. The van der Waals surface area contributed by atoms with E-state index in [9.17, 15) is 24.0 Å². The Hall–Kier alpha value is -2.34. The maximum Gasteiger partial charge on any atom is 0.326 e. The summed E-state index contributed by atoms with van der Waals surface area (Å²) in [6.45, 7) is 3.31. The van der Waals surface area contributed by atoms with Crippen LogP contribution in [0.15, 0.2) is 0 Å². The van der Waals surface area contributed by atoms with Gasteiger partial charge in [-0.2, -0.15) is 11.8 Å². The first-order valence-electron chi connectivity index (χ1n) is 9.05. The number of nitrogens with two attached hydrogens (primary N) is 1. The molecule has 12 heteroatoms. The van der Waals surface area contributed by atoms with Crippen LogP contribution in [-0.2, 0) is 24.0 Å². The third kappa shape index (κ3) is 11.3. The van der Waals surface area contributed by atoms with Crippen LogP contribution in [0.5, 0.6) is 0 Å². The summed E-state index contributed by atoms with van der Waals surface area (Å²) < 4.78 is 0. The summed E-state index contributed by atoms with van der Waals surface area (Å²) in [5.74, 6) is -4.28. The Labute approximate surface area is 173 Å². The Morgan fingerprint density at radius 3 is 1.93 bits per heavy atom. The van der Waals surface area contributed by atoms with Gasteiger partial charge in [0.05, 0.1) is 13.0 Å². The molecule has 166 valence electrons. The molecule has 0 radical (unpaired) electrons. The molecular weight excluding hydrogens is 404 g/mol. The molecule has 0 saturated carbocycles. The third-order valence-corrected chi connectivity index (χ3v) is 4.43. The number of rotatable bonds is 14. The van der Waals surface area contributed by atoms with Crippen LogP contribution in [0, 0.1) is 5.92 Å². The average Bonchev–Trinajstić information content (AvgIpc) is 2.62. The maximum atomic E-state index is 12.6. The molecule has 0 aromatic carbocycles. The van der Waals surface area contributed by atoms with Crippen molar-refractivity contribution < 1.29 is 34.2 Å². The number of carboxylic acid groups (broad SMARTS) is 2. The average molecular weight is 435 g/mol. The van der Waals surface area contributed by atoms with Gasteiger partial charge in [0, 0.05) is 0 Å². The molecule has 3 amide bonds. The Bertz CT molecular complexity index is 600. The highest BCUT2D eigenvalue weighted by Crippen LogP contribution is 2.08. The lowest BCUT2D eigenvalue weighted by atomic mass is 10.0. The van der Waals surface area contributed by atoms with Crippen molar-refractivity contribution in [2.75, 3.05) is 18.6 Å². The van der Waals surface area contributed by atoms with E-state index in [0.717, 1.165) is 0 Å². The first-order valence-corrected chi connectivity index (χ1v) is 10.4. The van der Waals surface area contributed by atoms with Crippen LogP contribution < -0.4 is 21.7 Å². The number of hydrogen-bond donors (Lipinski definition) is 6. The van der Waals surface area contributed by atoms with Crippen molar-refractivity contribution in [3.05, 3.63) is 0 Å². The lowest BCUT2D eigenvalue weighted by Gasteiger charge is -2.25. The van der Waals surface area contributed by atoms with Gasteiger partial charge in [0.1, 0.15) is 18.1 Å². The molecule has 0 aliphatic heterocycles. The number of hydrogen-bond acceptors (Lipinski definition) is 7. The Kier molecular flexibility index (Phi) is 12.7. The first kappa shape index (κ1) is 26.7. The molecule has 7 N–H and O–H groups in total. The van der Waals surface area contributed by atoms with Crippen molar-refractivity contribution in [3.8, 4) is 0 Å². The molecule has 0 fully saturated rings. The first-order chi connectivity index (χ1) is 13.5. The topological polar surface area (TPSA) is 188 Å². The predicted molar refractivity (Wildman–Crippen MR) is 107 cm³/mol. The second kappa shape index (κ2) is 13.8. The Morgan fingerprint density at radius 1 is 0.931 bits per heavy atom. The van der Waals surface area contributed by atoms with Gasteiger partial charge in [-0.3, -0.25) is 19.2 Å². The summed E-state index contributed by atoms with van der Waals surface area (Å²) in [5, 5.41) is 25.1. The van der Waals surface area contributed by atoms with E-state index in [1.165, 1.54) is 11.8 Å². The molecule has 0 aliphatic rings. The number of carbonyl (C=O) groups excluding carboxylic acids is 3. The summed E-state index contributed by atoms with van der Waals surface area (Å²) in [6.07, 6.45) is 1.54. The number of nitrogens with one attached hydrogen (secondary N) is 3. The normalized spacial score (nSPS) is 13.8. The number of carboxylic acids is 2. The van der Waals surface area contributed by atoms with Gasteiger partial charge in [-0.05, 0) is 30.8 Å². The van der Waals surface area contributed by atoms with Crippen molar-refractivity contribution in [3.63, 3.8) is 0 Å². The molecule has 3 atom stereocenters. The second-order valence-corrected chi connectivity index (χ2v) is 7.78. The number of thioether (sulfide) groups is 1. The fourth-order valence-corrected chi connectivity index (χ4v) is 2.85. The predicted octanol–water partition coefficient (Wildman–Crippen LogP) is -1.24. The molecule has 0 heterocycles. The largest absolute Gasteiger partial charge is 0.481 e. The zero-order valence-corrected chi connectivity index (χ0v) is 17.6. The van der Waals surface area contributed by atoms with Gasteiger partial charge in [0.2, 0.25) is 17.7 Å². The van der Waals surface area contributed by atoms with E-state index in [4.69, 9.17) is 15.9 Å². The molecule has 0 aromatic rings. The molecule has 29 heavy (non-hydrogen) atoms. The van der Waals surface area contributed by atoms with Crippen LogP contribution in [0.2, 0.25) is 0 Å². The molecule has 0 bridgehead atoms. The minimum Gasteiger partial charge on any atom is -0.481 e. The van der Waals surface area contributed by atoms with Crippen molar-refractivity contribution in [1.82, 2.24) is 16.0 Å². The summed E-state index contributed by atoms with van der Waals surface area (Å²) in [4.78, 5) is 58.7. The highest BCUT2D eigenvalue weighted by atomic mass is 32.2. The van der Waals surface area contributed by atoms with Gasteiger partial charge in [-0.1, -0.05) is 13.8 Å². The molecule has 0 spiro atoms. The molecule has 0 aromatic heterocycles. The molecule has 0 saturated heterocycles. The SMILES string of the molecule is CSCCC(NC(=O)CN)C(=O)NC(CC(C)C)C(=O)NC(CC(=O)O)C(=O)O. The summed E-state index contributed by atoms with van der Waals surface area (Å²) in [6, 6.07) is -3.63. The van der Waals surface area contributed by atoms with Gasteiger partial charge in [0.15, 0.2) is 0 Å². The molecule has 0 aliphatic carbocycles. The van der Waals surface area contributed by atoms with Crippen molar-refractivity contribution in [2.45, 2.75) is 51.2 Å². The van der Waals surface area contributed by atoms with Gasteiger partial charge in [-0.25, -0.2) is 4.79 Å². The van der Waals surface area contributed by atoms with Gasteiger partial charge in [-0.15, -0.1) is 0 Å². The Morgan fingerprint density at radius 2 is 1.48 bits per heavy atom. The molecule has 11 nitrogen and oxygen atoms in total. The monoisotopic (exact) mass is 434 g/mol. The highest BCUT2D eigenvalue weighted by molar-refractivity contribution is 7.98. The van der Waals surface area contributed by atoms with Crippen LogP contribution in [0.25, 0.3) is 0 Å². The molecule has 3 unspecified atom stereocenters.